The molecule has 23 heavy (non-hydrogen) atoms. The molecule has 0 spiro atoms. The van der Waals surface area contributed by atoms with Crippen molar-refractivity contribution in [2.45, 2.75) is 26.4 Å². The van der Waals surface area contributed by atoms with Gasteiger partial charge in [-0.1, -0.05) is 0 Å². The van der Waals surface area contributed by atoms with Crippen LogP contribution in [0.5, 0.6) is 0 Å². The molecule has 0 fully saturated rings. The molecule has 0 aliphatic carbocycles. The molecule has 1 aromatic carbocycles. The van der Waals surface area contributed by atoms with Crippen LogP contribution in [-0.2, 0) is 16.6 Å². The van der Waals surface area contributed by atoms with E-state index in [1.807, 2.05) is 27.9 Å². The van der Waals surface area contributed by atoms with Crippen molar-refractivity contribution >= 4 is 21.5 Å². The molecular weight excluding hydrogens is 338 g/mol. The van der Waals surface area contributed by atoms with Gasteiger partial charge in [0.05, 0.1) is 12.3 Å². The summed E-state index contributed by atoms with van der Waals surface area (Å²) in [5.74, 6) is -0.0302. The van der Waals surface area contributed by atoms with Crippen LogP contribution in [0.4, 0.5) is 5.69 Å². The van der Waals surface area contributed by atoms with E-state index >= 15 is 0 Å². The van der Waals surface area contributed by atoms with Crippen LogP contribution in [0.3, 0.4) is 0 Å². The third-order valence-corrected chi connectivity index (χ3v) is 3.75. The van der Waals surface area contributed by atoms with Gasteiger partial charge < -0.3 is 12.4 Å². The summed E-state index contributed by atoms with van der Waals surface area (Å²) in [4.78, 5) is 12.2. The van der Waals surface area contributed by atoms with Crippen molar-refractivity contribution in [2.75, 3.05) is 11.0 Å². The van der Waals surface area contributed by atoms with Crippen LogP contribution in [0.15, 0.2) is 43.0 Å². The first kappa shape index (κ1) is 19.2. The minimum Gasteiger partial charge on any atom is -1.00 e. The molecule has 0 bridgehead atoms. The summed E-state index contributed by atoms with van der Waals surface area (Å²) in [6.07, 6.45) is 6.76. The van der Waals surface area contributed by atoms with E-state index in [9.17, 15) is 13.2 Å². The molecular formula is C15H20ClN3O3S. The second kappa shape index (κ2) is 7.61. The molecule has 0 amide bonds. The van der Waals surface area contributed by atoms with E-state index in [1.165, 1.54) is 0 Å². The minimum atomic E-state index is -3.31. The van der Waals surface area contributed by atoms with Gasteiger partial charge in [0.1, 0.15) is 12.4 Å². The number of anilines is 1. The normalized spacial score (nSPS) is 11.1. The van der Waals surface area contributed by atoms with Crippen LogP contribution < -0.4 is 21.7 Å². The zero-order valence-corrected chi connectivity index (χ0v) is 14.8. The number of aromatic nitrogens is 2. The number of rotatable bonds is 6. The molecule has 0 saturated carbocycles. The molecule has 0 aliphatic rings. The van der Waals surface area contributed by atoms with Gasteiger partial charge >= 0.3 is 0 Å². The number of nitrogens with zero attached hydrogens (tertiary/aromatic N) is 2. The Morgan fingerprint density at radius 1 is 1.26 bits per heavy atom. The summed E-state index contributed by atoms with van der Waals surface area (Å²) in [5.41, 5.74) is 0.988. The Bertz CT molecular complexity index is 768. The number of carbonyl (C=O) groups excluding carboxylic acids is 1. The number of halogens is 1. The largest absolute Gasteiger partial charge is 1.00 e. The van der Waals surface area contributed by atoms with Gasteiger partial charge in [-0.3, -0.25) is 9.52 Å². The maximum atomic E-state index is 12.2. The van der Waals surface area contributed by atoms with E-state index in [4.69, 9.17) is 0 Å². The van der Waals surface area contributed by atoms with Gasteiger partial charge in [0.2, 0.25) is 22.1 Å². The molecule has 1 heterocycles. The summed E-state index contributed by atoms with van der Waals surface area (Å²) >= 11 is 0. The van der Waals surface area contributed by atoms with Gasteiger partial charge in [-0.05, 0) is 38.1 Å². The smallest absolute Gasteiger partial charge is 0.244 e. The van der Waals surface area contributed by atoms with Gasteiger partial charge in [-0.2, -0.15) is 0 Å². The van der Waals surface area contributed by atoms with Gasteiger partial charge in [-0.15, -0.1) is 0 Å². The van der Waals surface area contributed by atoms with Crippen molar-refractivity contribution in [1.82, 2.24) is 4.57 Å². The highest BCUT2D eigenvalue weighted by atomic mass is 35.5. The molecule has 2 rings (SSSR count). The predicted molar refractivity (Wildman–Crippen MR) is 84.3 cm³/mol. The standard InChI is InChI=1S/C15H19N3O3S.ClH/c1-12(2)18-9-8-17(11-18)10-15(19)13-4-6-14(7-5-13)16-22(3,20)21;/h4-9,11-12H,10H2,1-3H3;1H. The van der Waals surface area contributed by atoms with E-state index in [1.54, 1.807) is 24.3 Å². The number of sulfonamides is 1. The second-order valence-electron chi connectivity index (χ2n) is 5.50. The highest BCUT2D eigenvalue weighted by Gasteiger charge is 2.13. The lowest BCUT2D eigenvalue weighted by Crippen LogP contribution is -3.00. The average Bonchev–Trinajstić information content (AvgIpc) is 2.86. The van der Waals surface area contributed by atoms with Crippen molar-refractivity contribution in [1.29, 1.82) is 0 Å². The first-order chi connectivity index (χ1) is 10.2. The predicted octanol–water partition coefficient (Wildman–Crippen LogP) is -1.39. The molecule has 0 atom stereocenters. The van der Waals surface area contributed by atoms with Gasteiger partial charge in [0, 0.05) is 11.3 Å². The van der Waals surface area contributed by atoms with Crippen LogP contribution in [0.2, 0.25) is 0 Å². The maximum absolute atomic E-state index is 12.2. The fraction of sp³-hybridized carbons (Fsp3) is 0.333. The van der Waals surface area contributed by atoms with E-state index in [2.05, 4.69) is 18.6 Å². The molecule has 6 nitrogen and oxygen atoms in total. The summed E-state index contributed by atoms with van der Waals surface area (Å²) in [6.45, 7) is 4.39. The Kier molecular flexibility index (Phi) is 6.35. The molecule has 1 N–H and O–H groups in total. The first-order valence-corrected chi connectivity index (χ1v) is 8.81. The fourth-order valence-corrected chi connectivity index (χ4v) is 2.57. The van der Waals surface area contributed by atoms with E-state index in [0.717, 1.165) is 6.26 Å². The lowest BCUT2D eigenvalue weighted by molar-refractivity contribution is -0.715. The van der Waals surface area contributed by atoms with E-state index in [-0.39, 0.29) is 24.7 Å². The Hall–Kier alpha value is -1.86. The lowest BCUT2D eigenvalue weighted by Gasteiger charge is -2.04. The molecule has 8 heteroatoms. The third-order valence-electron chi connectivity index (χ3n) is 3.14. The number of hydrogen-bond acceptors (Lipinski definition) is 3. The molecule has 0 unspecified atom stereocenters. The maximum Gasteiger partial charge on any atom is 0.244 e. The van der Waals surface area contributed by atoms with Gasteiger partial charge in [0.25, 0.3) is 0 Å². The average molecular weight is 358 g/mol. The topological polar surface area (TPSA) is 72.0 Å². The lowest BCUT2D eigenvalue weighted by atomic mass is 10.1. The number of ketones is 1. The number of nitrogens with one attached hydrogen (secondary N) is 1. The Morgan fingerprint density at radius 3 is 2.35 bits per heavy atom. The SMILES string of the molecule is CC(C)[n+]1ccn(CC(=O)c2ccc(NS(C)(=O)=O)cc2)c1.[Cl-]. The zero-order valence-electron chi connectivity index (χ0n) is 13.2. The quantitative estimate of drug-likeness (QED) is 0.511. The monoisotopic (exact) mass is 357 g/mol. The Morgan fingerprint density at radius 2 is 1.87 bits per heavy atom. The Balaban J connectivity index is 0.00000264. The van der Waals surface area contributed by atoms with Crippen LogP contribution >= 0.6 is 0 Å². The number of Topliss-reactive ketones (excluding diaryl/α,β-unsaturated/α-hetero) is 1. The van der Waals surface area contributed by atoms with Crippen molar-refractivity contribution in [3.8, 4) is 0 Å². The second-order valence-corrected chi connectivity index (χ2v) is 7.25. The highest BCUT2D eigenvalue weighted by Crippen LogP contribution is 2.12. The number of imidazole rings is 1. The molecule has 2 aromatic rings. The molecule has 1 aromatic heterocycles. The minimum absolute atomic E-state index is 0. The van der Waals surface area contributed by atoms with Crippen LogP contribution in [0.25, 0.3) is 0 Å². The van der Waals surface area contributed by atoms with Crippen LogP contribution in [0, 0.1) is 0 Å². The summed E-state index contributed by atoms with van der Waals surface area (Å²) < 4.78 is 28.5. The molecule has 0 aliphatic heterocycles. The number of hydrogen-bond donors (Lipinski definition) is 1. The Labute approximate surface area is 142 Å². The van der Waals surface area contributed by atoms with Gasteiger partial charge in [0.15, 0.2) is 6.54 Å². The van der Waals surface area contributed by atoms with Gasteiger partial charge in [-0.25, -0.2) is 17.6 Å². The van der Waals surface area contributed by atoms with Crippen molar-refractivity contribution in [2.24, 2.45) is 0 Å². The van der Waals surface area contributed by atoms with E-state index in [0.29, 0.717) is 17.3 Å². The molecule has 126 valence electrons. The third kappa shape index (κ3) is 5.69. The zero-order chi connectivity index (χ0) is 16.3. The van der Waals surface area contributed by atoms with Crippen molar-refractivity contribution in [3.63, 3.8) is 0 Å². The summed E-state index contributed by atoms with van der Waals surface area (Å²) in [7, 11) is -3.31. The first-order valence-electron chi connectivity index (χ1n) is 6.92. The van der Waals surface area contributed by atoms with Crippen molar-refractivity contribution < 1.29 is 30.2 Å². The van der Waals surface area contributed by atoms with Crippen LogP contribution in [0.1, 0.15) is 30.2 Å². The van der Waals surface area contributed by atoms with Crippen LogP contribution in [-0.4, -0.2) is 25.0 Å². The summed E-state index contributed by atoms with van der Waals surface area (Å²) in [5, 5.41) is 0. The fourth-order valence-electron chi connectivity index (χ4n) is 2.01. The number of carbonyl (C=O) groups is 1. The highest BCUT2D eigenvalue weighted by molar-refractivity contribution is 7.92. The molecule has 0 radical (unpaired) electrons. The van der Waals surface area contributed by atoms with E-state index < -0.39 is 10.0 Å². The summed E-state index contributed by atoms with van der Waals surface area (Å²) in [6, 6.07) is 6.75. The van der Waals surface area contributed by atoms with Crippen molar-refractivity contribution in [3.05, 3.63) is 48.5 Å². The number of benzene rings is 1. The molecule has 0 saturated heterocycles.